The van der Waals surface area contributed by atoms with Crippen LogP contribution in [0.1, 0.15) is 32.3 Å². The summed E-state index contributed by atoms with van der Waals surface area (Å²) in [7, 11) is 0. The Balaban J connectivity index is 2.11. The lowest BCUT2D eigenvalue weighted by Gasteiger charge is -2.39. The summed E-state index contributed by atoms with van der Waals surface area (Å²) in [5, 5.41) is 8.95. The lowest BCUT2D eigenvalue weighted by atomic mass is 9.82. The second-order valence-corrected chi connectivity index (χ2v) is 6.60. The number of hydrogen-bond acceptors (Lipinski definition) is 3. The first-order chi connectivity index (χ1) is 9.98. The van der Waals surface area contributed by atoms with Crippen molar-refractivity contribution in [2.75, 3.05) is 18.0 Å². The Bertz CT molecular complexity index is 680. The van der Waals surface area contributed by atoms with Crippen LogP contribution in [0.5, 0.6) is 0 Å². The van der Waals surface area contributed by atoms with E-state index < -0.39 is 0 Å². The third-order valence-corrected chi connectivity index (χ3v) is 4.47. The number of nitrogen functional groups attached to an aromatic ring is 1. The molecule has 0 atom stereocenters. The molecule has 1 aromatic carbocycles. The number of fused-ring (bicyclic) bond motifs is 1. The molecular formula is C17H22N4. The van der Waals surface area contributed by atoms with Crippen molar-refractivity contribution in [3.8, 4) is 0 Å². The van der Waals surface area contributed by atoms with Crippen LogP contribution in [0.15, 0.2) is 30.5 Å². The number of rotatable bonds is 2. The Labute approximate surface area is 125 Å². The van der Waals surface area contributed by atoms with E-state index in [0.29, 0.717) is 5.41 Å². The lowest BCUT2D eigenvalue weighted by Crippen LogP contribution is -2.38. The molecular weight excluding hydrogens is 260 g/mol. The molecule has 1 fully saturated rings. The quantitative estimate of drug-likeness (QED) is 0.657. The maximum Gasteiger partial charge on any atom is 0.126 e. The Hall–Kier alpha value is -2.10. The number of hydrogen-bond donors (Lipinski definition) is 2. The van der Waals surface area contributed by atoms with Crippen molar-refractivity contribution in [1.82, 2.24) is 4.98 Å². The summed E-state index contributed by atoms with van der Waals surface area (Å²) in [5.41, 5.74) is 8.96. The number of nitrogens with zero attached hydrogens (tertiary/aromatic N) is 2. The van der Waals surface area contributed by atoms with Crippen LogP contribution in [0.25, 0.3) is 10.9 Å². The minimum Gasteiger partial charge on any atom is -0.384 e. The van der Waals surface area contributed by atoms with Crippen molar-refractivity contribution in [1.29, 1.82) is 5.41 Å². The van der Waals surface area contributed by atoms with Crippen molar-refractivity contribution < 1.29 is 0 Å². The predicted molar refractivity (Wildman–Crippen MR) is 88.0 cm³/mol. The SMILES string of the molecule is CC1(C)CCN(c2c(C(=N)N)cnc3ccccc23)CC1. The number of aromatic nitrogens is 1. The highest BCUT2D eigenvalue weighted by Gasteiger charge is 2.27. The molecule has 3 N–H and O–H groups in total. The van der Waals surface area contributed by atoms with Crippen LogP contribution in [-0.2, 0) is 0 Å². The number of piperidine rings is 1. The fourth-order valence-corrected chi connectivity index (χ4v) is 3.00. The van der Waals surface area contributed by atoms with Crippen LogP contribution >= 0.6 is 0 Å². The molecule has 1 aliphatic rings. The van der Waals surface area contributed by atoms with Gasteiger partial charge in [-0.1, -0.05) is 32.0 Å². The summed E-state index contributed by atoms with van der Waals surface area (Å²) < 4.78 is 0. The molecule has 1 saturated heterocycles. The van der Waals surface area contributed by atoms with E-state index >= 15 is 0 Å². The normalized spacial score (nSPS) is 17.9. The van der Waals surface area contributed by atoms with Gasteiger partial charge in [-0.2, -0.15) is 0 Å². The summed E-state index contributed by atoms with van der Waals surface area (Å²) in [6, 6.07) is 8.09. The maximum absolute atomic E-state index is 7.86. The first-order valence-electron chi connectivity index (χ1n) is 7.45. The van der Waals surface area contributed by atoms with Gasteiger partial charge < -0.3 is 10.6 Å². The first-order valence-corrected chi connectivity index (χ1v) is 7.45. The molecule has 0 aliphatic carbocycles. The highest BCUT2D eigenvalue weighted by molar-refractivity contribution is 6.07. The van der Waals surface area contributed by atoms with Crippen LogP contribution in [-0.4, -0.2) is 23.9 Å². The summed E-state index contributed by atoms with van der Waals surface area (Å²) in [5.74, 6) is 0.0908. The summed E-state index contributed by atoms with van der Waals surface area (Å²) in [4.78, 5) is 6.81. The van der Waals surface area contributed by atoms with Gasteiger partial charge in [-0.3, -0.25) is 10.4 Å². The lowest BCUT2D eigenvalue weighted by molar-refractivity contribution is 0.280. The fraction of sp³-hybridized carbons (Fsp3) is 0.412. The number of nitrogens with two attached hydrogens (primary N) is 1. The van der Waals surface area contributed by atoms with Crippen LogP contribution < -0.4 is 10.6 Å². The van der Waals surface area contributed by atoms with Crippen molar-refractivity contribution >= 4 is 22.4 Å². The number of para-hydroxylation sites is 1. The topological polar surface area (TPSA) is 66.0 Å². The van der Waals surface area contributed by atoms with Crippen molar-refractivity contribution in [2.24, 2.45) is 11.1 Å². The van der Waals surface area contributed by atoms with Gasteiger partial charge >= 0.3 is 0 Å². The highest BCUT2D eigenvalue weighted by atomic mass is 15.1. The van der Waals surface area contributed by atoms with Crippen LogP contribution in [0.3, 0.4) is 0 Å². The van der Waals surface area contributed by atoms with E-state index in [1.54, 1.807) is 6.20 Å². The molecule has 0 radical (unpaired) electrons. The van der Waals surface area contributed by atoms with Gasteiger partial charge in [0.15, 0.2) is 0 Å². The average Bonchev–Trinajstić information content (AvgIpc) is 2.46. The van der Waals surface area contributed by atoms with Gasteiger partial charge in [-0.15, -0.1) is 0 Å². The maximum atomic E-state index is 7.86. The zero-order chi connectivity index (χ0) is 15.0. The van der Waals surface area contributed by atoms with Gasteiger partial charge in [-0.05, 0) is 24.3 Å². The van der Waals surface area contributed by atoms with Crippen molar-refractivity contribution in [2.45, 2.75) is 26.7 Å². The molecule has 110 valence electrons. The van der Waals surface area contributed by atoms with E-state index in [1.165, 1.54) is 0 Å². The molecule has 4 heteroatoms. The molecule has 2 heterocycles. The summed E-state index contributed by atoms with van der Waals surface area (Å²) >= 11 is 0. The van der Waals surface area contributed by atoms with E-state index in [9.17, 15) is 0 Å². The Kier molecular flexibility index (Phi) is 3.32. The largest absolute Gasteiger partial charge is 0.384 e. The zero-order valence-electron chi connectivity index (χ0n) is 12.7. The second-order valence-electron chi connectivity index (χ2n) is 6.60. The molecule has 0 saturated carbocycles. The zero-order valence-corrected chi connectivity index (χ0v) is 12.7. The van der Waals surface area contributed by atoms with Gasteiger partial charge in [0.05, 0.1) is 16.8 Å². The second kappa shape index (κ2) is 5.02. The first kappa shape index (κ1) is 13.9. The van der Waals surface area contributed by atoms with Crippen LogP contribution in [0, 0.1) is 10.8 Å². The van der Waals surface area contributed by atoms with Crippen molar-refractivity contribution in [3.05, 3.63) is 36.0 Å². The molecule has 2 aromatic rings. The molecule has 0 amide bonds. The average molecular weight is 282 g/mol. The minimum absolute atomic E-state index is 0.0908. The van der Waals surface area contributed by atoms with E-state index in [4.69, 9.17) is 11.1 Å². The van der Waals surface area contributed by atoms with E-state index in [2.05, 4.69) is 29.8 Å². The van der Waals surface area contributed by atoms with Gasteiger partial charge in [0, 0.05) is 24.7 Å². The Morgan fingerprint density at radius 3 is 2.57 bits per heavy atom. The number of amidine groups is 1. The molecule has 0 spiro atoms. The summed E-state index contributed by atoms with van der Waals surface area (Å²) in [6.45, 7) is 6.64. The highest BCUT2D eigenvalue weighted by Crippen LogP contribution is 2.36. The number of pyridine rings is 1. The molecule has 1 aromatic heterocycles. The molecule has 1 aliphatic heterocycles. The third kappa shape index (κ3) is 2.58. The van der Waals surface area contributed by atoms with Gasteiger partial charge in [0.1, 0.15) is 5.84 Å². The van der Waals surface area contributed by atoms with E-state index in [0.717, 1.165) is 48.1 Å². The Morgan fingerprint density at radius 2 is 1.90 bits per heavy atom. The third-order valence-electron chi connectivity index (χ3n) is 4.47. The Morgan fingerprint density at radius 1 is 1.24 bits per heavy atom. The predicted octanol–water partition coefficient (Wildman–Crippen LogP) is 3.15. The van der Waals surface area contributed by atoms with Crippen LogP contribution in [0.2, 0.25) is 0 Å². The fourth-order valence-electron chi connectivity index (χ4n) is 3.00. The number of anilines is 1. The number of nitrogens with one attached hydrogen (secondary N) is 1. The summed E-state index contributed by atoms with van der Waals surface area (Å²) in [6.07, 6.45) is 4.04. The smallest absolute Gasteiger partial charge is 0.126 e. The molecule has 3 rings (SSSR count). The van der Waals surface area contributed by atoms with Crippen molar-refractivity contribution in [3.63, 3.8) is 0 Å². The standard InChI is InChI=1S/C17H22N4/c1-17(2)7-9-21(10-8-17)15-12-5-3-4-6-14(12)20-11-13(15)16(18)19/h3-6,11H,7-10H2,1-2H3,(H3,18,19). The number of benzene rings is 1. The van der Waals surface area contributed by atoms with Crippen LogP contribution in [0.4, 0.5) is 5.69 Å². The van der Waals surface area contributed by atoms with Gasteiger partial charge in [0.2, 0.25) is 0 Å². The van der Waals surface area contributed by atoms with Gasteiger partial charge in [-0.25, -0.2) is 0 Å². The molecule has 0 bridgehead atoms. The molecule has 0 unspecified atom stereocenters. The minimum atomic E-state index is 0.0908. The van der Waals surface area contributed by atoms with E-state index in [1.807, 2.05) is 18.2 Å². The molecule has 21 heavy (non-hydrogen) atoms. The van der Waals surface area contributed by atoms with Gasteiger partial charge in [0.25, 0.3) is 0 Å². The monoisotopic (exact) mass is 282 g/mol. The van der Waals surface area contributed by atoms with E-state index in [-0.39, 0.29) is 5.84 Å². The molecule has 4 nitrogen and oxygen atoms in total.